The molecule has 0 unspecified atom stereocenters. The standard InChI is InChI=1S/C20H16Cl2N2O2S/c1-27-19-7-3-2-6-16(19)24-20(25)14-5-4-10-23-17(14)12-26-18-11-13(21)8-9-15(18)22/h2-11H,12H2,1H3,(H,24,25). The van der Waals surface area contributed by atoms with Gasteiger partial charge in [-0.25, -0.2) is 0 Å². The van der Waals surface area contributed by atoms with Crippen molar-refractivity contribution < 1.29 is 9.53 Å². The van der Waals surface area contributed by atoms with Gasteiger partial charge in [-0.1, -0.05) is 35.3 Å². The minimum Gasteiger partial charge on any atom is -0.486 e. The number of carbonyl (C=O) groups excluding carboxylic acids is 1. The van der Waals surface area contributed by atoms with E-state index in [4.69, 9.17) is 27.9 Å². The number of hydrogen-bond acceptors (Lipinski definition) is 4. The fraction of sp³-hybridized carbons (Fsp3) is 0.100. The van der Waals surface area contributed by atoms with E-state index >= 15 is 0 Å². The van der Waals surface area contributed by atoms with Crippen molar-refractivity contribution >= 4 is 46.6 Å². The van der Waals surface area contributed by atoms with Crippen LogP contribution < -0.4 is 10.1 Å². The molecule has 0 fully saturated rings. The van der Waals surface area contributed by atoms with E-state index in [2.05, 4.69) is 10.3 Å². The van der Waals surface area contributed by atoms with E-state index in [0.717, 1.165) is 10.6 Å². The van der Waals surface area contributed by atoms with E-state index in [9.17, 15) is 4.79 Å². The maximum Gasteiger partial charge on any atom is 0.257 e. The van der Waals surface area contributed by atoms with Crippen LogP contribution in [-0.2, 0) is 6.61 Å². The number of anilines is 1. The van der Waals surface area contributed by atoms with Crippen molar-refractivity contribution in [1.29, 1.82) is 0 Å². The van der Waals surface area contributed by atoms with Crippen LogP contribution in [0.5, 0.6) is 5.75 Å². The van der Waals surface area contributed by atoms with Gasteiger partial charge in [-0.05, 0) is 42.7 Å². The van der Waals surface area contributed by atoms with Crippen LogP contribution in [-0.4, -0.2) is 17.1 Å². The van der Waals surface area contributed by atoms with Gasteiger partial charge in [0.25, 0.3) is 5.91 Å². The number of rotatable bonds is 6. The molecular weight excluding hydrogens is 403 g/mol. The van der Waals surface area contributed by atoms with Gasteiger partial charge >= 0.3 is 0 Å². The number of nitrogens with zero attached hydrogens (tertiary/aromatic N) is 1. The highest BCUT2D eigenvalue weighted by atomic mass is 35.5. The van der Waals surface area contributed by atoms with Crippen molar-refractivity contribution in [3.63, 3.8) is 0 Å². The molecule has 1 N–H and O–H groups in total. The van der Waals surface area contributed by atoms with E-state index in [0.29, 0.717) is 27.1 Å². The Morgan fingerprint density at radius 2 is 1.96 bits per heavy atom. The molecule has 3 aromatic rings. The minimum absolute atomic E-state index is 0.0911. The van der Waals surface area contributed by atoms with Crippen LogP contribution in [0, 0.1) is 0 Å². The average molecular weight is 419 g/mol. The fourth-order valence-electron chi connectivity index (χ4n) is 2.43. The number of hydrogen-bond donors (Lipinski definition) is 1. The van der Waals surface area contributed by atoms with Gasteiger partial charge in [0, 0.05) is 22.2 Å². The molecule has 3 rings (SSSR count). The molecular formula is C20H16Cl2N2O2S. The number of aromatic nitrogens is 1. The van der Waals surface area contributed by atoms with Gasteiger partial charge in [-0.2, -0.15) is 0 Å². The maximum absolute atomic E-state index is 12.8. The average Bonchev–Trinajstić information content (AvgIpc) is 2.69. The van der Waals surface area contributed by atoms with Crippen molar-refractivity contribution in [2.75, 3.05) is 11.6 Å². The first kappa shape index (κ1) is 19.5. The normalized spacial score (nSPS) is 10.5. The quantitative estimate of drug-likeness (QED) is 0.503. The summed E-state index contributed by atoms with van der Waals surface area (Å²) in [4.78, 5) is 18.0. The second-order valence-electron chi connectivity index (χ2n) is 5.52. The number of amides is 1. The van der Waals surface area contributed by atoms with Crippen molar-refractivity contribution in [1.82, 2.24) is 4.98 Å². The monoisotopic (exact) mass is 418 g/mol. The van der Waals surface area contributed by atoms with Gasteiger partial charge < -0.3 is 10.1 Å². The van der Waals surface area contributed by atoms with Gasteiger partial charge in [-0.3, -0.25) is 9.78 Å². The van der Waals surface area contributed by atoms with Crippen molar-refractivity contribution in [3.8, 4) is 5.75 Å². The first-order valence-corrected chi connectivity index (χ1v) is 10.0. The second-order valence-corrected chi connectivity index (χ2v) is 7.21. The molecule has 0 aliphatic carbocycles. The number of benzene rings is 2. The summed E-state index contributed by atoms with van der Waals surface area (Å²) >= 11 is 13.7. The van der Waals surface area contributed by atoms with Crippen molar-refractivity contribution in [2.24, 2.45) is 0 Å². The van der Waals surface area contributed by atoms with Crippen molar-refractivity contribution in [3.05, 3.63) is 82.1 Å². The Labute approximate surface area is 171 Å². The molecule has 0 bridgehead atoms. The lowest BCUT2D eigenvalue weighted by molar-refractivity contribution is 0.102. The predicted octanol–water partition coefficient (Wildman–Crippen LogP) is 5.94. The zero-order valence-electron chi connectivity index (χ0n) is 14.4. The Morgan fingerprint density at radius 1 is 1.15 bits per heavy atom. The molecule has 0 aliphatic rings. The third-order valence-electron chi connectivity index (χ3n) is 3.75. The number of carbonyl (C=O) groups is 1. The lowest BCUT2D eigenvalue weighted by Crippen LogP contribution is -2.16. The molecule has 0 saturated carbocycles. The molecule has 138 valence electrons. The largest absolute Gasteiger partial charge is 0.486 e. The molecule has 0 saturated heterocycles. The van der Waals surface area contributed by atoms with E-state index in [1.54, 1.807) is 48.3 Å². The molecule has 0 radical (unpaired) electrons. The molecule has 1 heterocycles. The van der Waals surface area contributed by atoms with E-state index in [1.165, 1.54) is 0 Å². The molecule has 0 atom stereocenters. The Balaban J connectivity index is 1.79. The topological polar surface area (TPSA) is 51.2 Å². The summed E-state index contributed by atoms with van der Waals surface area (Å²) in [7, 11) is 0. The van der Waals surface area contributed by atoms with Gasteiger partial charge in [0.2, 0.25) is 0 Å². The number of pyridine rings is 1. The summed E-state index contributed by atoms with van der Waals surface area (Å²) in [5, 5.41) is 3.89. The Kier molecular flexibility index (Phi) is 6.61. The number of para-hydroxylation sites is 1. The smallest absolute Gasteiger partial charge is 0.257 e. The highest BCUT2D eigenvalue weighted by Crippen LogP contribution is 2.29. The number of thioether (sulfide) groups is 1. The number of halogens is 2. The summed E-state index contributed by atoms with van der Waals surface area (Å²) in [6, 6.07) is 16.0. The first-order chi connectivity index (χ1) is 13.1. The molecule has 7 heteroatoms. The predicted molar refractivity (Wildman–Crippen MR) is 111 cm³/mol. The zero-order chi connectivity index (χ0) is 19.2. The van der Waals surface area contributed by atoms with Crippen LogP contribution in [0.4, 0.5) is 5.69 Å². The summed E-state index contributed by atoms with van der Waals surface area (Å²) < 4.78 is 5.73. The van der Waals surface area contributed by atoms with Crippen LogP contribution in [0.15, 0.2) is 65.7 Å². The highest BCUT2D eigenvalue weighted by Gasteiger charge is 2.15. The Hall–Kier alpha value is -2.21. The Morgan fingerprint density at radius 3 is 2.78 bits per heavy atom. The summed E-state index contributed by atoms with van der Waals surface area (Å²) in [6.45, 7) is 0.0911. The second kappa shape index (κ2) is 9.13. The molecule has 1 amide bonds. The van der Waals surface area contributed by atoms with Crippen LogP contribution >= 0.6 is 35.0 Å². The van der Waals surface area contributed by atoms with Crippen LogP contribution in [0.25, 0.3) is 0 Å². The number of ether oxygens (including phenoxy) is 1. The molecule has 0 spiro atoms. The van der Waals surface area contributed by atoms with Gasteiger partial charge in [-0.15, -0.1) is 11.8 Å². The van der Waals surface area contributed by atoms with Crippen LogP contribution in [0.2, 0.25) is 10.0 Å². The Bertz CT molecular complexity index is 966. The zero-order valence-corrected chi connectivity index (χ0v) is 16.7. The van der Waals surface area contributed by atoms with Gasteiger partial charge in [0.15, 0.2) is 0 Å². The van der Waals surface area contributed by atoms with Crippen molar-refractivity contribution in [2.45, 2.75) is 11.5 Å². The van der Waals surface area contributed by atoms with E-state index < -0.39 is 0 Å². The molecule has 2 aromatic carbocycles. The van der Waals surface area contributed by atoms with E-state index in [-0.39, 0.29) is 12.5 Å². The summed E-state index contributed by atoms with van der Waals surface area (Å²) in [5.74, 6) is 0.189. The summed E-state index contributed by atoms with van der Waals surface area (Å²) in [6.07, 6.45) is 3.58. The molecule has 4 nitrogen and oxygen atoms in total. The maximum atomic E-state index is 12.8. The molecule has 27 heavy (non-hydrogen) atoms. The lowest BCUT2D eigenvalue weighted by atomic mass is 10.1. The SMILES string of the molecule is CSc1ccccc1NC(=O)c1cccnc1COc1cc(Cl)ccc1Cl. The molecule has 1 aromatic heterocycles. The van der Waals surface area contributed by atoms with Crippen LogP contribution in [0.1, 0.15) is 16.1 Å². The number of nitrogens with one attached hydrogen (secondary N) is 1. The minimum atomic E-state index is -0.250. The van der Waals surface area contributed by atoms with Gasteiger partial charge in [0.1, 0.15) is 12.4 Å². The molecule has 0 aliphatic heterocycles. The van der Waals surface area contributed by atoms with Gasteiger partial charge in [0.05, 0.1) is 22.0 Å². The fourth-order valence-corrected chi connectivity index (χ4v) is 3.32. The van der Waals surface area contributed by atoms with E-state index in [1.807, 2.05) is 30.5 Å². The third-order valence-corrected chi connectivity index (χ3v) is 5.09. The third kappa shape index (κ3) is 4.95. The summed E-state index contributed by atoms with van der Waals surface area (Å²) in [5.41, 5.74) is 1.70. The highest BCUT2D eigenvalue weighted by molar-refractivity contribution is 7.98. The lowest BCUT2D eigenvalue weighted by Gasteiger charge is -2.13. The first-order valence-electron chi connectivity index (χ1n) is 8.04. The van der Waals surface area contributed by atoms with Crippen LogP contribution in [0.3, 0.4) is 0 Å².